The second-order valence-corrected chi connectivity index (χ2v) is 23.1. The number of hydrazine groups is 1. The zero-order chi connectivity index (χ0) is 61.5. The largest absolute Gasteiger partial charge is 0.459 e. The van der Waals surface area contributed by atoms with Gasteiger partial charge in [0.15, 0.2) is 0 Å². The molecule has 0 unspecified atom stereocenters. The zero-order valence-corrected chi connectivity index (χ0v) is 51.1. The Labute approximate surface area is 500 Å². The Morgan fingerprint density at radius 2 is 1.58 bits per heavy atom. The summed E-state index contributed by atoms with van der Waals surface area (Å²) in [5.41, 5.74) is 6.26. The molecule has 9 amide bonds. The normalized spacial score (nSPS) is 24.4. The monoisotopic (exact) mass is 1240 g/mol. The molecule has 1 spiro atoms. The van der Waals surface area contributed by atoms with Crippen LogP contribution in [0.4, 0.5) is 15.3 Å². The van der Waals surface area contributed by atoms with Gasteiger partial charge < -0.3 is 66.4 Å². The number of alkyl halides is 1. The van der Waals surface area contributed by atoms with Crippen LogP contribution in [0.3, 0.4) is 0 Å². The lowest BCUT2D eigenvalue weighted by molar-refractivity contribution is -0.163. The van der Waals surface area contributed by atoms with E-state index >= 15 is 0 Å². The Balaban J connectivity index is 1.10. The highest BCUT2D eigenvalue weighted by molar-refractivity contribution is 9.09. The molecule has 0 saturated carbocycles. The number of amides is 9. The second kappa shape index (κ2) is 33.9. The summed E-state index contributed by atoms with van der Waals surface area (Å²) in [7, 11) is 0. The fourth-order valence-corrected chi connectivity index (χ4v) is 10.4. The molecule has 0 aliphatic carbocycles. The number of carbonyl (C=O) groups excluding carboxylic acids is 9. The number of hydrogen-bond donors (Lipinski definition) is 8. The summed E-state index contributed by atoms with van der Waals surface area (Å²) in [6.07, 6.45) is 10.1. The van der Waals surface area contributed by atoms with Gasteiger partial charge in [-0.2, -0.15) is 0 Å². The van der Waals surface area contributed by atoms with Gasteiger partial charge in [0.25, 0.3) is 0 Å². The average molecular weight is 1240 g/mol. The lowest BCUT2D eigenvalue weighted by atomic mass is 9.87. The first-order valence-electron chi connectivity index (χ1n) is 29.2. The molecule has 4 saturated heterocycles. The van der Waals surface area contributed by atoms with Crippen LogP contribution < -0.4 is 37.6 Å². The Hall–Kier alpha value is -6.41. The molecule has 466 valence electrons. The molecule has 0 radical (unpaired) electrons. The third-order valence-corrected chi connectivity index (χ3v) is 15.6. The first-order chi connectivity index (χ1) is 40.0. The highest BCUT2D eigenvalue weighted by Crippen LogP contribution is 2.43. The van der Waals surface area contributed by atoms with Gasteiger partial charge in [-0.05, 0) is 108 Å². The van der Waals surface area contributed by atoms with E-state index in [1.807, 2.05) is 19.9 Å². The number of urea groups is 1. The number of nitrogens with zero attached hydrogens (tertiary/aromatic N) is 2. The van der Waals surface area contributed by atoms with Gasteiger partial charge in [-0.25, -0.2) is 19.6 Å². The molecular weight excluding hydrogens is 1150 g/mol. The summed E-state index contributed by atoms with van der Waals surface area (Å²) in [4.78, 5) is 114. The number of primary amides is 1. The molecule has 4 aliphatic heterocycles. The highest BCUT2D eigenvalue weighted by Gasteiger charge is 2.58. The Morgan fingerprint density at radius 1 is 0.881 bits per heavy atom. The number of anilines is 1. The minimum absolute atomic E-state index is 0.0687. The molecule has 1 aromatic rings. The fraction of sp³-hybridized carbons (Fsp3) is 0.644. The number of aliphatic hydroxyl groups excluding tert-OH is 1. The van der Waals surface area contributed by atoms with Crippen LogP contribution in [0.25, 0.3) is 0 Å². The molecule has 4 aliphatic rings. The molecule has 0 bridgehead atoms. The number of epoxide rings is 1. The number of rotatable bonds is 29. The Morgan fingerprint density at radius 3 is 2.25 bits per heavy atom. The van der Waals surface area contributed by atoms with Gasteiger partial charge in [0.2, 0.25) is 35.4 Å². The Bertz CT molecular complexity index is 2510. The number of esters is 1. The van der Waals surface area contributed by atoms with Gasteiger partial charge in [-0.1, -0.05) is 79.1 Å². The van der Waals surface area contributed by atoms with E-state index in [9.17, 15) is 48.3 Å². The number of benzene rings is 1. The van der Waals surface area contributed by atoms with Crippen LogP contribution in [0, 0.1) is 11.8 Å². The molecule has 4 heterocycles. The van der Waals surface area contributed by atoms with Crippen LogP contribution in [0.1, 0.15) is 131 Å². The van der Waals surface area contributed by atoms with Gasteiger partial charge in [-0.3, -0.25) is 33.6 Å². The molecule has 1 aromatic carbocycles. The number of aliphatic hydroxyl groups is 1. The maximum Gasteiger partial charge on any atom is 0.429 e. The molecule has 4 fully saturated rings. The summed E-state index contributed by atoms with van der Waals surface area (Å²) in [5.74, 6) is -2.79. The van der Waals surface area contributed by atoms with Gasteiger partial charge >= 0.3 is 18.1 Å². The van der Waals surface area contributed by atoms with Gasteiger partial charge in [-0.15, -0.1) is 0 Å². The Kier molecular flexibility index (Phi) is 27.6. The molecule has 25 heteroatoms. The SMILES string of the molecule is CC(=O)O[C@@H](C)/C=C\C(=O)N[C@@H]1C[C@H](C)[C@H](C/C=C(C)/C=C/[C@H]2O[C@H](CC(=O)N3CCCCN3C(=O)OCc3ccc(NC(=O)[C@H](CCCNC(N)=O)NC(=O)[C@@H](NC(=O)CCCCCNC(=O)CBr)C(C)C)cc3)C[C@@]3(CO3)[C@@H]2O)O[C@@H]1C. The third kappa shape index (κ3) is 22.5. The predicted molar refractivity (Wildman–Crippen MR) is 314 cm³/mol. The van der Waals surface area contributed by atoms with Crippen molar-refractivity contribution in [1.82, 2.24) is 36.6 Å². The van der Waals surface area contributed by atoms with E-state index in [0.717, 1.165) is 5.57 Å². The van der Waals surface area contributed by atoms with Gasteiger partial charge in [0.05, 0.1) is 42.7 Å². The first-order valence-corrected chi connectivity index (χ1v) is 30.3. The number of nitrogens with two attached hydrogens (primary N) is 1. The van der Waals surface area contributed by atoms with Crippen LogP contribution in [0.15, 0.2) is 60.2 Å². The van der Waals surface area contributed by atoms with Crippen LogP contribution in [-0.4, -0.2) is 167 Å². The summed E-state index contributed by atoms with van der Waals surface area (Å²) in [6, 6.07) is 3.62. The van der Waals surface area contributed by atoms with E-state index in [1.165, 1.54) is 29.1 Å². The lowest BCUT2D eigenvalue weighted by Crippen LogP contribution is -2.55. The van der Waals surface area contributed by atoms with Gasteiger partial charge in [0, 0.05) is 57.7 Å². The number of halogens is 1. The van der Waals surface area contributed by atoms with E-state index in [2.05, 4.69) is 60.8 Å². The number of allylic oxidation sites excluding steroid dienone is 2. The highest BCUT2D eigenvalue weighted by atomic mass is 79.9. The van der Waals surface area contributed by atoms with E-state index < -0.39 is 72.0 Å². The van der Waals surface area contributed by atoms with Crippen molar-refractivity contribution in [3.05, 3.63) is 65.8 Å². The standard InChI is InChI=1S/C59H88BrN9O15/c1-36(2)53(67-49(71)15-9-8-10-26-62-51(73)33-60)56(77)66-45(14-13-27-63-57(61)78)55(76)64-43-21-19-42(20-22-43)34-80-58(79)69-29-12-11-28-68(69)52(74)31-44-32-59(35-81-59)54(75)48(84-44)24-17-37(3)16-23-47-38(4)30-46(40(6)83-47)65-50(72)25-18-39(5)82-41(7)70/h16-22,24-25,36,38-40,44-48,53-54,75H,8-15,23,26-35H2,1-7H3,(H,62,73)(H,64,76)(H,65,72)(H,66,77)(H,67,71)(H3,61,63,78)/b24-17+,25-18-,37-16+/t38-,39-,40+,44+,45-,46+,47-,48+,53-,54+,59+/m0/s1. The number of hydrogen-bond acceptors (Lipinski definition) is 15. The average Bonchev–Trinajstić information content (AvgIpc) is 2.92. The van der Waals surface area contributed by atoms with Crippen molar-refractivity contribution in [3.63, 3.8) is 0 Å². The van der Waals surface area contributed by atoms with Crippen molar-refractivity contribution in [2.45, 2.75) is 192 Å². The van der Waals surface area contributed by atoms with Crippen molar-refractivity contribution in [2.24, 2.45) is 17.6 Å². The topological polar surface area (TPSA) is 328 Å². The molecule has 11 atom stereocenters. The number of ether oxygens (including phenoxy) is 5. The predicted octanol–water partition coefficient (Wildman–Crippen LogP) is 4.62. The molecule has 0 aromatic heterocycles. The maximum absolute atomic E-state index is 14.0. The maximum atomic E-state index is 14.0. The summed E-state index contributed by atoms with van der Waals surface area (Å²) in [5, 5.41) is 30.9. The summed E-state index contributed by atoms with van der Waals surface area (Å²) >= 11 is 3.10. The van der Waals surface area contributed by atoms with Crippen LogP contribution in [-0.2, 0) is 63.9 Å². The molecule has 24 nitrogen and oxygen atoms in total. The quantitative estimate of drug-likeness (QED) is 0.0135. The van der Waals surface area contributed by atoms with Crippen molar-refractivity contribution >= 4 is 75.2 Å². The van der Waals surface area contributed by atoms with Crippen molar-refractivity contribution in [1.29, 1.82) is 0 Å². The molecule has 84 heavy (non-hydrogen) atoms. The lowest BCUT2D eigenvalue weighted by Gasteiger charge is -2.40. The minimum atomic E-state index is -1.06. The molecule has 9 N–H and O–H groups in total. The van der Waals surface area contributed by atoms with Gasteiger partial charge in [0.1, 0.15) is 42.6 Å². The van der Waals surface area contributed by atoms with E-state index in [1.54, 1.807) is 51.1 Å². The van der Waals surface area contributed by atoms with Crippen molar-refractivity contribution < 1.29 is 71.9 Å². The summed E-state index contributed by atoms with van der Waals surface area (Å²) in [6.45, 7) is 13.8. The van der Waals surface area contributed by atoms with E-state index in [-0.39, 0.29) is 105 Å². The smallest absolute Gasteiger partial charge is 0.429 e. The molecule has 5 rings (SSSR count). The second-order valence-electron chi connectivity index (χ2n) is 22.5. The van der Waals surface area contributed by atoms with E-state index in [0.29, 0.717) is 82.2 Å². The minimum Gasteiger partial charge on any atom is -0.459 e. The van der Waals surface area contributed by atoms with E-state index in [4.69, 9.17) is 29.4 Å². The van der Waals surface area contributed by atoms with Crippen molar-refractivity contribution in [3.8, 4) is 0 Å². The third-order valence-electron chi connectivity index (χ3n) is 15.1. The number of carbonyl (C=O) groups is 9. The van der Waals surface area contributed by atoms with Crippen LogP contribution in [0.5, 0.6) is 0 Å². The van der Waals surface area contributed by atoms with Crippen molar-refractivity contribution in [2.75, 3.05) is 43.4 Å². The van der Waals surface area contributed by atoms with Crippen LogP contribution in [0.2, 0.25) is 0 Å². The zero-order valence-electron chi connectivity index (χ0n) is 49.5. The molecular formula is C59H88BrN9O15. The fourth-order valence-electron chi connectivity index (χ4n) is 10.2. The summed E-state index contributed by atoms with van der Waals surface area (Å²) < 4.78 is 29.3. The van der Waals surface area contributed by atoms with Crippen LogP contribution >= 0.6 is 15.9 Å². The number of unbranched alkanes of at least 4 members (excludes halogenated alkanes) is 2. The first kappa shape index (κ1) is 68.4. The number of nitrogens with one attached hydrogen (secondary N) is 6.